The zero-order valence-corrected chi connectivity index (χ0v) is 22.2. The lowest BCUT2D eigenvalue weighted by Gasteiger charge is -2.37. The van der Waals surface area contributed by atoms with Gasteiger partial charge in [0.2, 0.25) is 0 Å². The van der Waals surface area contributed by atoms with Crippen molar-refractivity contribution in [2.75, 3.05) is 6.54 Å². The topological polar surface area (TPSA) is 100 Å². The fourth-order valence-corrected chi connectivity index (χ4v) is 5.40. The van der Waals surface area contributed by atoms with Crippen molar-refractivity contribution >= 4 is 23.4 Å². The van der Waals surface area contributed by atoms with E-state index in [0.717, 1.165) is 10.4 Å². The number of amides is 2. The number of hydrogen-bond donors (Lipinski definition) is 0. The molecule has 1 aromatic carbocycles. The van der Waals surface area contributed by atoms with Gasteiger partial charge in [-0.1, -0.05) is 11.6 Å². The van der Waals surface area contributed by atoms with Crippen LogP contribution in [0.1, 0.15) is 76.2 Å². The molecule has 0 fully saturated rings. The SMILES string of the molecule is C[C@@H]1Cc2nn3c(c2CN1C(=O)c1ccc(Cl)c(C#N)c1)C(=O)N([C@H](C)c1ccn(CC(F)(F)F)n1)C[C@H]3C. The molecule has 2 aromatic heterocycles. The highest BCUT2D eigenvalue weighted by Crippen LogP contribution is 2.35. The van der Waals surface area contributed by atoms with Crippen molar-refractivity contribution in [2.45, 2.75) is 64.6 Å². The van der Waals surface area contributed by atoms with Crippen LogP contribution in [0.5, 0.6) is 0 Å². The minimum atomic E-state index is -4.41. The molecule has 0 spiro atoms. The molecule has 2 aliphatic heterocycles. The van der Waals surface area contributed by atoms with E-state index in [4.69, 9.17) is 16.7 Å². The zero-order valence-electron chi connectivity index (χ0n) is 21.4. The van der Waals surface area contributed by atoms with Gasteiger partial charge in [-0.05, 0) is 45.0 Å². The third-order valence-corrected chi connectivity index (χ3v) is 7.61. The molecule has 3 atom stereocenters. The first-order valence-electron chi connectivity index (χ1n) is 12.4. The number of carbonyl (C=O) groups is 2. The molecule has 2 amide bonds. The summed E-state index contributed by atoms with van der Waals surface area (Å²) in [6.45, 7) is 4.79. The Morgan fingerprint density at radius 1 is 1.23 bits per heavy atom. The average Bonchev–Trinajstić information content (AvgIpc) is 3.48. The molecule has 4 heterocycles. The lowest BCUT2D eigenvalue weighted by atomic mass is 9.96. The van der Waals surface area contributed by atoms with Crippen LogP contribution in [0.15, 0.2) is 30.5 Å². The van der Waals surface area contributed by atoms with Crippen molar-refractivity contribution in [3.05, 3.63) is 69.3 Å². The van der Waals surface area contributed by atoms with Crippen LogP contribution < -0.4 is 0 Å². The highest BCUT2D eigenvalue weighted by atomic mass is 35.5. The van der Waals surface area contributed by atoms with Crippen molar-refractivity contribution in [2.24, 2.45) is 0 Å². The van der Waals surface area contributed by atoms with E-state index >= 15 is 0 Å². The van der Waals surface area contributed by atoms with Gasteiger partial charge >= 0.3 is 6.18 Å². The molecule has 0 unspecified atom stereocenters. The maximum Gasteiger partial charge on any atom is 0.408 e. The molecule has 13 heteroatoms. The average molecular weight is 560 g/mol. The van der Waals surface area contributed by atoms with Gasteiger partial charge in [-0.2, -0.15) is 28.6 Å². The number of nitrogens with zero attached hydrogens (tertiary/aromatic N) is 7. The third-order valence-electron chi connectivity index (χ3n) is 7.28. The lowest BCUT2D eigenvalue weighted by molar-refractivity contribution is -0.142. The quantitative estimate of drug-likeness (QED) is 0.467. The minimum Gasteiger partial charge on any atom is -0.331 e. The van der Waals surface area contributed by atoms with Crippen molar-refractivity contribution in [1.82, 2.24) is 29.4 Å². The number of hydrogen-bond acceptors (Lipinski definition) is 5. The smallest absolute Gasteiger partial charge is 0.331 e. The number of nitriles is 1. The number of fused-ring (bicyclic) bond motifs is 3. The number of alkyl halides is 3. The van der Waals surface area contributed by atoms with Crippen LogP contribution in [0, 0.1) is 11.3 Å². The number of aromatic nitrogens is 4. The molecule has 2 aliphatic rings. The predicted molar refractivity (Wildman–Crippen MR) is 134 cm³/mol. The highest BCUT2D eigenvalue weighted by molar-refractivity contribution is 6.31. The summed E-state index contributed by atoms with van der Waals surface area (Å²) in [5, 5.41) is 18.3. The number of rotatable bonds is 4. The molecular weight excluding hydrogens is 535 g/mol. The summed E-state index contributed by atoms with van der Waals surface area (Å²) in [6.07, 6.45) is -2.71. The minimum absolute atomic E-state index is 0.149. The number of benzene rings is 1. The molecular formula is C26H25ClF3N7O2. The third kappa shape index (κ3) is 4.87. The molecule has 9 nitrogen and oxygen atoms in total. The second-order valence-electron chi connectivity index (χ2n) is 10.0. The Morgan fingerprint density at radius 2 is 1.97 bits per heavy atom. The lowest BCUT2D eigenvalue weighted by Crippen LogP contribution is -2.45. The Balaban J connectivity index is 1.44. The summed E-state index contributed by atoms with van der Waals surface area (Å²) in [5.41, 5.74) is 2.61. The Hall–Kier alpha value is -3.85. The van der Waals surface area contributed by atoms with Crippen molar-refractivity contribution in [1.29, 1.82) is 5.26 Å². The van der Waals surface area contributed by atoms with E-state index in [1.807, 2.05) is 19.9 Å². The van der Waals surface area contributed by atoms with Crippen molar-refractivity contribution in [3.63, 3.8) is 0 Å². The molecule has 0 radical (unpaired) electrons. The standard InChI is InChI=1S/C26H25ClF3N7O2/c1-14-8-22-19(12-35(14)24(38)17-4-5-20(27)18(9-17)10-31)23-25(39)36(11-15(2)37(23)33-22)16(3)21-6-7-34(32-21)13-26(28,29)30/h4-7,9,14-16H,8,11-13H2,1-3H3/t14-,15-,16-/m1/s1. The van der Waals surface area contributed by atoms with Crippen LogP contribution in [0.4, 0.5) is 13.2 Å². The summed E-state index contributed by atoms with van der Waals surface area (Å²) in [7, 11) is 0. The Bertz CT molecular complexity index is 1510. The van der Waals surface area contributed by atoms with Gasteiger partial charge in [-0.25, -0.2) is 0 Å². The number of halogens is 4. The highest BCUT2D eigenvalue weighted by Gasteiger charge is 2.41. The van der Waals surface area contributed by atoms with Crippen LogP contribution in [0.2, 0.25) is 5.02 Å². The largest absolute Gasteiger partial charge is 0.408 e. The van der Waals surface area contributed by atoms with Crippen LogP contribution in [-0.2, 0) is 19.5 Å². The van der Waals surface area contributed by atoms with Gasteiger partial charge in [0.1, 0.15) is 18.3 Å². The second kappa shape index (κ2) is 9.72. The van der Waals surface area contributed by atoms with E-state index in [1.54, 1.807) is 27.5 Å². The summed E-state index contributed by atoms with van der Waals surface area (Å²) < 4.78 is 40.9. The molecule has 0 bridgehead atoms. The predicted octanol–water partition coefficient (Wildman–Crippen LogP) is 4.53. The van der Waals surface area contributed by atoms with Crippen LogP contribution in [0.3, 0.4) is 0 Å². The first-order chi connectivity index (χ1) is 18.4. The summed E-state index contributed by atoms with van der Waals surface area (Å²) >= 11 is 6.03. The molecule has 0 saturated carbocycles. The molecule has 0 aliphatic carbocycles. The van der Waals surface area contributed by atoms with Crippen molar-refractivity contribution < 1.29 is 22.8 Å². The molecule has 204 valence electrons. The van der Waals surface area contributed by atoms with E-state index in [9.17, 15) is 28.0 Å². The van der Waals surface area contributed by atoms with Gasteiger partial charge < -0.3 is 9.80 Å². The van der Waals surface area contributed by atoms with Gasteiger partial charge in [0, 0.05) is 36.3 Å². The van der Waals surface area contributed by atoms with Gasteiger partial charge in [0.05, 0.1) is 40.6 Å². The Kier molecular flexibility index (Phi) is 6.66. The molecule has 5 rings (SSSR count). The maximum atomic E-state index is 13.8. The Morgan fingerprint density at radius 3 is 2.67 bits per heavy atom. The van der Waals surface area contributed by atoms with Gasteiger partial charge in [-0.3, -0.25) is 19.0 Å². The monoisotopic (exact) mass is 559 g/mol. The summed E-state index contributed by atoms with van der Waals surface area (Å²) in [4.78, 5) is 30.5. The summed E-state index contributed by atoms with van der Waals surface area (Å²) in [5.74, 6) is -0.613. The van der Waals surface area contributed by atoms with Crippen molar-refractivity contribution in [3.8, 4) is 6.07 Å². The van der Waals surface area contributed by atoms with E-state index < -0.39 is 18.8 Å². The van der Waals surface area contributed by atoms with Gasteiger partial charge in [-0.15, -0.1) is 0 Å². The first-order valence-corrected chi connectivity index (χ1v) is 12.8. The van der Waals surface area contributed by atoms with Gasteiger partial charge in [0.15, 0.2) is 0 Å². The van der Waals surface area contributed by atoms with E-state index in [1.165, 1.54) is 24.4 Å². The Labute approximate surface area is 227 Å². The number of carbonyl (C=O) groups excluding carboxylic acids is 2. The molecule has 0 N–H and O–H groups in total. The molecule has 39 heavy (non-hydrogen) atoms. The van der Waals surface area contributed by atoms with E-state index in [2.05, 4.69) is 5.10 Å². The fraction of sp³-hybridized carbons (Fsp3) is 0.423. The normalized spacial score (nSPS) is 19.9. The van der Waals surface area contributed by atoms with Crippen LogP contribution >= 0.6 is 11.6 Å². The second-order valence-corrected chi connectivity index (χ2v) is 10.5. The zero-order chi connectivity index (χ0) is 28.2. The molecule has 0 saturated heterocycles. The summed E-state index contributed by atoms with van der Waals surface area (Å²) in [6, 6.07) is 7.01. The molecule has 3 aromatic rings. The first kappa shape index (κ1) is 26.7. The van der Waals surface area contributed by atoms with Gasteiger partial charge in [0.25, 0.3) is 11.8 Å². The fourth-order valence-electron chi connectivity index (χ4n) is 5.24. The maximum absolute atomic E-state index is 13.8. The van der Waals surface area contributed by atoms with Crippen LogP contribution in [0.25, 0.3) is 0 Å². The van der Waals surface area contributed by atoms with E-state index in [-0.39, 0.29) is 41.0 Å². The van der Waals surface area contributed by atoms with E-state index in [0.29, 0.717) is 35.5 Å². The van der Waals surface area contributed by atoms with Crippen LogP contribution in [-0.4, -0.2) is 59.9 Å².